The lowest BCUT2D eigenvalue weighted by molar-refractivity contribution is -0.194. The molecule has 1 N–H and O–H groups in total. The second kappa shape index (κ2) is 11.2. The van der Waals surface area contributed by atoms with E-state index in [1.54, 1.807) is 17.5 Å². The fourth-order valence-corrected chi connectivity index (χ4v) is 5.92. The molecule has 0 aromatic carbocycles. The average molecular weight is 629 g/mol. The lowest BCUT2D eigenvalue weighted by Crippen LogP contribution is -2.59. The molecule has 2 fully saturated rings. The summed E-state index contributed by atoms with van der Waals surface area (Å²) in [6, 6.07) is 4.02. The lowest BCUT2D eigenvalue weighted by atomic mass is 10.0. The molecule has 3 aromatic heterocycles. The summed E-state index contributed by atoms with van der Waals surface area (Å²) in [6.45, 7) is 13.2. The Balaban J connectivity index is 1.30. The third-order valence-electron chi connectivity index (χ3n) is 7.58. The number of fused-ring (bicyclic) bond motifs is 1. The number of piperazine rings is 1. The second-order valence-corrected chi connectivity index (χ2v) is 13.2. The molecule has 0 unspecified atom stereocenters. The summed E-state index contributed by atoms with van der Waals surface area (Å²) in [4.78, 5) is 47.1. The molecule has 0 amide bonds. The van der Waals surface area contributed by atoms with Gasteiger partial charge >= 0.3 is 6.16 Å². The molecular weight excluding hydrogens is 590 g/mol. The summed E-state index contributed by atoms with van der Waals surface area (Å²) in [5, 5.41) is 5.74. The highest BCUT2D eigenvalue weighted by Crippen LogP contribution is 2.33. The first kappa shape index (κ1) is 29.2. The first-order chi connectivity index (χ1) is 19.3. The minimum atomic E-state index is -0.699. The Kier molecular flexibility index (Phi) is 7.99. The summed E-state index contributed by atoms with van der Waals surface area (Å²) in [5.41, 5.74) is 1.34. The second-order valence-electron chi connectivity index (χ2n) is 12.4. The van der Waals surface area contributed by atoms with Gasteiger partial charge < -0.3 is 19.8 Å². The van der Waals surface area contributed by atoms with Crippen molar-refractivity contribution >= 4 is 50.6 Å². The molecule has 220 valence electrons. The highest BCUT2D eigenvalue weighted by Gasteiger charge is 2.38. The Hall–Kier alpha value is -3.25. The van der Waals surface area contributed by atoms with Crippen molar-refractivity contribution in [3.63, 3.8) is 0 Å². The van der Waals surface area contributed by atoms with Crippen molar-refractivity contribution in [1.29, 1.82) is 0 Å². The van der Waals surface area contributed by atoms with Crippen LogP contribution in [0.4, 0.5) is 22.2 Å². The van der Waals surface area contributed by atoms with Crippen LogP contribution in [0.3, 0.4) is 0 Å². The van der Waals surface area contributed by atoms with Crippen LogP contribution < -0.4 is 15.8 Å². The molecule has 0 spiro atoms. The van der Waals surface area contributed by atoms with Gasteiger partial charge in [0.05, 0.1) is 28.4 Å². The van der Waals surface area contributed by atoms with E-state index < -0.39 is 17.3 Å². The van der Waals surface area contributed by atoms with Gasteiger partial charge in [-0.05, 0) is 88.0 Å². The fraction of sp³-hybridized carbons (Fsp3) is 0.552. The van der Waals surface area contributed by atoms with E-state index in [2.05, 4.69) is 36.1 Å². The average Bonchev–Trinajstić information content (AvgIpc) is 3.42. The largest absolute Gasteiger partial charge is 0.528 e. The molecule has 12 heteroatoms. The molecule has 0 bridgehead atoms. The lowest BCUT2D eigenvalue weighted by Gasteiger charge is -2.45. The third kappa shape index (κ3) is 6.33. The Bertz CT molecular complexity index is 1490. The van der Waals surface area contributed by atoms with E-state index >= 15 is 0 Å². The van der Waals surface area contributed by atoms with Crippen LogP contribution in [0.5, 0.6) is 0 Å². The number of ether oxygens (including phenoxy) is 1. The molecule has 1 aliphatic heterocycles. The Labute approximate surface area is 248 Å². The van der Waals surface area contributed by atoms with Gasteiger partial charge in [-0.15, -0.1) is 5.06 Å². The predicted molar refractivity (Wildman–Crippen MR) is 162 cm³/mol. The number of rotatable bonds is 5. The number of anilines is 3. The highest BCUT2D eigenvalue weighted by atomic mass is 79.9. The molecule has 4 heterocycles. The fourth-order valence-electron chi connectivity index (χ4n) is 5.51. The molecule has 0 atom stereocenters. The third-order valence-corrected chi connectivity index (χ3v) is 8.51. The number of pyridine rings is 2. The molecule has 2 aliphatic rings. The molecule has 5 rings (SSSR count). The van der Waals surface area contributed by atoms with Crippen molar-refractivity contribution < 1.29 is 14.4 Å². The summed E-state index contributed by atoms with van der Waals surface area (Å²) in [7, 11) is 0. The Morgan fingerprint density at radius 1 is 1.12 bits per heavy atom. The van der Waals surface area contributed by atoms with Crippen molar-refractivity contribution in [3.05, 3.63) is 44.9 Å². The van der Waals surface area contributed by atoms with Crippen molar-refractivity contribution in [3.8, 4) is 0 Å². The van der Waals surface area contributed by atoms with E-state index in [4.69, 9.17) is 14.6 Å². The van der Waals surface area contributed by atoms with Crippen molar-refractivity contribution in [2.24, 2.45) is 0 Å². The van der Waals surface area contributed by atoms with Crippen LogP contribution in [0.25, 0.3) is 11.0 Å². The molecule has 1 aliphatic carbocycles. The monoisotopic (exact) mass is 627 g/mol. The van der Waals surface area contributed by atoms with Gasteiger partial charge in [0.15, 0.2) is 0 Å². The van der Waals surface area contributed by atoms with E-state index in [1.807, 2.05) is 58.2 Å². The van der Waals surface area contributed by atoms with Gasteiger partial charge in [-0.2, -0.15) is 4.98 Å². The maximum Gasteiger partial charge on any atom is 0.528 e. The SMILES string of the molecule is Cc1c(Br)c(=O)n(C2CCCC2)c2nc(Nc3ccc(N4CCN(OC(=O)OC(C)(C)C)C(C)(C)C4)cn3)ncc12. The van der Waals surface area contributed by atoms with E-state index in [0.717, 1.165) is 42.3 Å². The van der Waals surface area contributed by atoms with E-state index in [9.17, 15) is 9.59 Å². The van der Waals surface area contributed by atoms with Gasteiger partial charge in [0.25, 0.3) is 5.56 Å². The highest BCUT2D eigenvalue weighted by molar-refractivity contribution is 9.10. The molecule has 1 saturated carbocycles. The maximum atomic E-state index is 13.2. The number of halogens is 1. The Morgan fingerprint density at radius 3 is 2.49 bits per heavy atom. The summed E-state index contributed by atoms with van der Waals surface area (Å²) in [6.07, 6.45) is 7.04. The Morgan fingerprint density at radius 2 is 1.85 bits per heavy atom. The van der Waals surface area contributed by atoms with Crippen LogP contribution in [0.15, 0.2) is 33.8 Å². The van der Waals surface area contributed by atoms with E-state index in [-0.39, 0.29) is 11.6 Å². The zero-order chi connectivity index (χ0) is 29.5. The minimum absolute atomic E-state index is 0.0476. The molecule has 3 aromatic rings. The number of carbonyl (C=O) groups excluding carboxylic acids is 1. The van der Waals surface area contributed by atoms with Gasteiger partial charge in [-0.3, -0.25) is 9.36 Å². The predicted octanol–water partition coefficient (Wildman–Crippen LogP) is 5.88. The number of nitrogens with one attached hydrogen (secondary N) is 1. The van der Waals surface area contributed by atoms with E-state index in [1.165, 1.54) is 0 Å². The quantitative estimate of drug-likeness (QED) is 0.344. The summed E-state index contributed by atoms with van der Waals surface area (Å²) < 4.78 is 7.72. The normalized spacial score (nSPS) is 18.1. The summed E-state index contributed by atoms with van der Waals surface area (Å²) >= 11 is 3.49. The maximum absolute atomic E-state index is 13.2. The van der Waals surface area contributed by atoms with Crippen LogP contribution in [-0.2, 0) is 9.57 Å². The van der Waals surface area contributed by atoms with Gasteiger partial charge in [-0.1, -0.05) is 12.8 Å². The van der Waals surface area contributed by atoms with Crippen molar-refractivity contribution in [2.45, 2.75) is 84.4 Å². The molecule has 0 radical (unpaired) electrons. The zero-order valence-electron chi connectivity index (χ0n) is 24.5. The van der Waals surface area contributed by atoms with Gasteiger partial charge in [0, 0.05) is 30.7 Å². The molecular formula is C29H38BrN7O4. The first-order valence-corrected chi connectivity index (χ1v) is 14.9. The van der Waals surface area contributed by atoms with Crippen LogP contribution in [-0.4, -0.2) is 61.5 Å². The van der Waals surface area contributed by atoms with Gasteiger partial charge in [-0.25, -0.2) is 14.8 Å². The minimum Gasteiger partial charge on any atom is -0.427 e. The first-order valence-electron chi connectivity index (χ1n) is 14.1. The number of hydrogen-bond donors (Lipinski definition) is 1. The number of aryl methyl sites for hydroxylation is 1. The number of carbonyl (C=O) groups is 1. The van der Waals surface area contributed by atoms with Crippen molar-refractivity contribution in [1.82, 2.24) is 24.6 Å². The van der Waals surface area contributed by atoms with E-state index in [0.29, 0.717) is 41.5 Å². The van der Waals surface area contributed by atoms with Gasteiger partial charge in [0.1, 0.15) is 17.1 Å². The molecule has 1 saturated heterocycles. The number of nitrogens with zero attached hydrogens (tertiary/aromatic N) is 6. The van der Waals surface area contributed by atoms with Gasteiger partial charge in [0.2, 0.25) is 5.95 Å². The zero-order valence-corrected chi connectivity index (χ0v) is 26.1. The topological polar surface area (TPSA) is 115 Å². The van der Waals surface area contributed by atoms with Crippen LogP contribution in [0, 0.1) is 6.92 Å². The van der Waals surface area contributed by atoms with Crippen LogP contribution >= 0.6 is 15.9 Å². The number of hydrogen-bond acceptors (Lipinski definition) is 10. The van der Waals surface area contributed by atoms with Crippen LogP contribution in [0.1, 0.15) is 71.9 Å². The van der Waals surface area contributed by atoms with Crippen molar-refractivity contribution in [2.75, 3.05) is 29.9 Å². The van der Waals surface area contributed by atoms with Crippen LogP contribution in [0.2, 0.25) is 0 Å². The number of aromatic nitrogens is 4. The molecule has 41 heavy (non-hydrogen) atoms. The standard InChI is InChI=1S/C29H38BrN7O4/c1-18-21-16-32-26(34-24(21)37(25(38)23(18)30)19-9-7-8-10-19)33-22-12-11-20(15-31-22)35-13-14-36(29(5,6)17-35)41-27(39)40-28(2,3)4/h11-12,15-16,19H,7-10,13-14,17H2,1-6H3,(H,31,32,33,34). The summed E-state index contributed by atoms with van der Waals surface area (Å²) in [5.74, 6) is 0.988. The number of hydroxylamine groups is 2. The molecule has 11 nitrogen and oxygen atoms in total. The smallest absolute Gasteiger partial charge is 0.427 e.